The Morgan fingerprint density at radius 3 is 1.17 bits per heavy atom. The fourth-order valence-electron chi connectivity index (χ4n) is 1.71. The lowest BCUT2D eigenvalue weighted by molar-refractivity contribution is 1.21. The molecule has 2 aromatic carbocycles. The van der Waals surface area contributed by atoms with Crippen LogP contribution in [0.15, 0.2) is 84.9 Å². The van der Waals surface area contributed by atoms with Crippen molar-refractivity contribution in [1.29, 1.82) is 0 Å². The highest BCUT2D eigenvalue weighted by Gasteiger charge is 1.99. The van der Waals surface area contributed by atoms with Crippen LogP contribution < -0.4 is 4.90 Å². The Kier molecular flexibility index (Phi) is 4.37. The van der Waals surface area contributed by atoms with Gasteiger partial charge in [0.25, 0.3) is 0 Å². The summed E-state index contributed by atoms with van der Waals surface area (Å²) >= 11 is 0. The predicted octanol–water partition coefficient (Wildman–Crippen LogP) is 4.58. The lowest BCUT2D eigenvalue weighted by Gasteiger charge is -2.18. The summed E-state index contributed by atoms with van der Waals surface area (Å²) in [6, 6.07) is 28.8. The van der Waals surface area contributed by atoms with Crippen LogP contribution in [0.25, 0.3) is 0 Å². The first-order valence-electron chi connectivity index (χ1n) is 6.05. The molecule has 1 nitrogen and oxygen atoms in total. The highest BCUT2D eigenvalue weighted by molar-refractivity contribution is 5.61. The van der Waals surface area contributed by atoms with E-state index in [0.29, 0.717) is 0 Å². The number of para-hydroxylation sites is 1. The number of anilines is 2. The van der Waals surface area contributed by atoms with E-state index in [4.69, 9.17) is 0 Å². The number of benzene rings is 1. The van der Waals surface area contributed by atoms with Crippen molar-refractivity contribution in [3.8, 4) is 0 Å². The minimum atomic E-state index is 1.15. The van der Waals surface area contributed by atoms with Crippen molar-refractivity contribution >= 4 is 11.4 Å². The summed E-state index contributed by atoms with van der Waals surface area (Å²) in [5, 5.41) is 0. The molecule has 0 saturated carbocycles. The van der Waals surface area contributed by atoms with Gasteiger partial charge in [0.05, 0.1) is 0 Å². The smallest absolute Gasteiger partial charge is 0.0408 e. The van der Waals surface area contributed by atoms with E-state index in [9.17, 15) is 0 Å². The molecule has 0 aliphatic rings. The molecule has 0 aliphatic carbocycles. The van der Waals surface area contributed by atoms with E-state index in [-0.39, 0.29) is 0 Å². The summed E-state index contributed by atoms with van der Waals surface area (Å²) in [7, 11) is 2.07. The van der Waals surface area contributed by atoms with Gasteiger partial charge in [-0.15, -0.1) is 0 Å². The molecule has 2 rings (SSSR count). The third-order valence-corrected chi connectivity index (χ3v) is 2.73. The van der Waals surface area contributed by atoms with Gasteiger partial charge in [-0.2, -0.15) is 0 Å². The second-order valence-electron chi connectivity index (χ2n) is 4.00. The van der Waals surface area contributed by atoms with Crippen molar-refractivity contribution in [2.45, 2.75) is 0 Å². The van der Waals surface area contributed by atoms with Gasteiger partial charge < -0.3 is 4.90 Å². The van der Waals surface area contributed by atoms with Crippen LogP contribution in [0.3, 0.4) is 0 Å². The van der Waals surface area contributed by atoms with Crippen LogP contribution in [0, 0.1) is 0 Å². The minimum Gasteiger partial charge on any atom is -0.345 e. The summed E-state index contributed by atoms with van der Waals surface area (Å²) in [5.41, 5.74) is 2.33. The summed E-state index contributed by atoms with van der Waals surface area (Å²) in [6.45, 7) is 0. The Hall–Kier alpha value is -2.28. The molecule has 2 aromatic rings. The summed E-state index contributed by atoms with van der Waals surface area (Å²) < 4.78 is 0. The van der Waals surface area contributed by atoms with Crippen LogP contribution in [-0.2, 0) is 0 Å². The number of nitrogens with zero attached hydrogens (tertiary/aromatic N) is 1. The molecule has 0 bridgehead atoms. The van der Waals surface area contributed by atoms with Crippen molar-refractivity contribution < 1.29 is 0 Å². The largest absolute Gasteiger partial charge is 0.345 e. The van der Waals surface area contributed by atoms with Gasteiger partial charge in [-0.1, -0.05) is 60.7 Å². The van der Waals surface area contributed by atoms with Crippen LogP contribution in [-0.4, -0.2) is 7.05 Å². The zero-order chi connectivity index (χ0) is 12.6. The standard InChI is InChI=1S/C17H17N/c1-18(17-14-10-7-11-15-17)16-12-8-5-3-2-4-6-9-13-16/h2-15H,1H3. The second kappa shape index (κ2) is 6.45. The zero-order valence-electron chi connectivity index (χ0n) is 10.5. The van der Waals surface area contributed by atoms with Crippen LogP contribution in [0.5, 0.6) is 0 Å². The molecule has 0 fully saturated rings. The first-order valence-corrected chi connectivity index (χ1v) is 6.05. The number of hydrogen-bond acceptors (Lipinski definition) is 1. The molecule has 0 saturated heterocycles. The Bertz CT molecular complexity index is 508. The number of rotatable bonds is 2. The van der Waals surface area contributed by atoms with Gasteiger partial charge >= 0.3 is 0 Å². The van der Waals surface area contributed by atoms with Crippen LogP contribution in [0.2, 0.25) is 0 Å². The van der Waals surface area contributed by atoms with E-state index >= 15 is 0 Å². The van der Waals surface area contributed by atoms with Gasteiger partial charge in [0.2, 0.25) is 0 Å². The predicted molar refractivity (Wildman–Crippen MR) is 78.6 cm³/mol. The Morgan fingerprint density at radius 2 is 0.778 bits per heavy atom. The lowest BCUT2D eigenvalue weighted by Crippen LogP contribution is -2.08. The maximum absolute atomic E-state index is 2.17. The molecule has 90 valence electrons. The molecule has 0 atom stereocenters. The van der Waals surface area contributed by atoms with E-state index < -0.39 is 0 Å². The molecule has 0 aromatic heterocycles. The van der Waals surface area contributed by atoms with Gasteiger partial charge in [-0.3, -0.25) is 0 Å². The van der Waals surface area contributed by atoms with Crippen LogP contribution >= 0.6 is 0 Å². The van der Waals surface area contributed by atoms with Gasteiger partial charge in [0.15, 0.2) is 0 Å². The Labute approximate surface area is 109 Å². The van der Waals surface area contributed by atoms with Crippen molar-refractivity contribution in [3.05, 3.63) is 84.9 Å². The topological polar surface area (TPSA) is 3.24 Å². The maximum Gasteiger partial charge on any atom is 0.0408 e. The summed E-state index contributed by atoms with van der Waals surface area (Å²) in [4.78, 5) is 2.17. The van der Waals surface area contributed by atoms with Gasteiger partial charge in [0, 0.05) is 18.4 Å². The molecule has 0 amide bonds. The monoisotopic (exact) mass is 235 g/mol. The van der Waals surface area contributed by atoms with Gasteiger partial charge in [-0.05, 0) is 24.3 Å². The Morgan fingerprint density at radius 1 is 0.500 bits per heavy atom. The fourth-order valence-corrected chi connectivity index (χ4v) is 1.71. The van der Waals surface area contributed by atoms with E-state index in [1.165, 1.54) is 5.69 Å². The third-order valence-electron chi connectivity index (χ3n) is 2.73. The molecule has 18 heavy (non-hydrogen) atoms. The summed E-state index contributed by atoms with van der Waals surface area (Å²) in [5.74, 6) is 0. The molecule has 0 spiro atoms. The molecule has 0 N–H and O–H groups in total. The molecule has 0 unspecified atom stereocenters. The van der Waals surface area contributed by atoms with Gasteiger partial charge in [0.1, 0.15) is 0 Å². The SMILES string of the molecule is CN(c1ccccccccc1)c1ccccc1. The zero-order valence-corrected chi connectivity index (χ0v) is 10.5. The first kappa shape index (κ1) is 12.2. The van der Waals surface area contributed by atoms with Crippen molar-refractivity contribution in [1.82, 2.24) is 0 Å². The van der Waals surface area contributed by atoms with Crippen molar-refractivity contribution in [3.63, 3.8) is 0 Å². The van der Waals surface area contributed by atoms with Crippen molar-refractivity contribution in [2.75, 3.05) is 11.9 Å². The van der Waals surface area contributed by atoms with E-state index in [2.05, 4.69) is 60.5 Å². The average Bonchev–Trinajstić information content (AvgIpc) is 2.45. The maximum atomic E-state index is 2.17. The average molecular weight is 235 g/mol. The van der Waals surface area contributed by atoms with Crippen LogP contribution in [0.1, 0.15) is 0 Å². The van der Waals surface area contributed by atoms with Crippen LogP contribution in [0.4, 0.5) is 11.4 Å². The normalized spacial score (nSPS) is 9.39. The lowest BCUT2D eigenvalue weighted by atomic mass is 10.2. The molecular formula is C17H17N. The molecule has 0 heterocycles. The highest BCUT2D eigenvalue weighted by atomic mass is 15.1. The van der Waals surface area contributed by atoms with E-state index in [0.717, 1.165) is 5.69 Å². The first-order chi connectivity index (χ1) is 8.88. The van der Waals surface area contributed by atoms with E-state index in [1.54, 1.807) is 0 Å². The molecule has 0 radical (unpaired) electrons. The van der Waals surface area contributed by atoms with Crippen molar-refractivity contribution in [2.24, 2.45) is 0 Å². The highest BCUT2D eigenvalue weighted by Crippen LogP contribution is 2.21. The molecule has 1 heteroatoms. The Balaban J connectivity index is 2.39. The number of hydrogen-bond donors (Lipinski definition) is 0. The van der Waals surface area contributed by atoms with E-state index in [1.807, 2.05) is 36.4 Å². The minimum absolute atomic E-state index is 1.15. The molecule has 0 aliphatic heterocycles. The summed E-state index contributed by atoms with van der Waals surface area (Å²) in [6.07, 6.45) is 0. The third kappa shape index (κ3) is 3.36. The molecular weight excluding hydrogens is 218 g/mol. The fraction of sp³-hybridized carbons (Fsp3) is 0.0588. The van der Waals surface area contributed by atoms with Gasteiger partial charge in [-0.25, -0.2) is 0 Å². The quantitative estimate of drug-likeness (QED) is 0.736. The second-order valence-corrected chi connectivity index (χ2v) is 4.00.